The van der Waals surface area contributed by atoms with Crippen molar-refractivity contribution >= 4 is 39.8 Å². The molecule has 2 N–H and O–H groups in total. The molecule has 1 aliphatic heterocycles. The molecule has 32 heavy (non-hydrogen) atoms. The van der Waals surface area contributed by atoms with Gasteiger partial charge in [-0.2, -0.15) is 13.2 Å². The zero-order valence-electron chi connectivity index (χ0n) is 16.3. The molecule has 0 saturated heterocycles. The molecule has 4 aromatic rings. The molecular weight excluding hydrogens is 446 g/mol. The summed E-state index contributed by atoms with van der Waals surface area (Å²) in [6.45, 7) is 0.549. The van der Waals surface area contributed by atoms with Crippen LogP contribution in [0.2, 0.25) is 5.02 Å². The van der Waals surface area contributed by atoms with Gasteiger partial charge in [0.2, 0.25) is 0 Å². The number of pyridine rings is 1. The molecule has 3 heterocycles. The molecule has 0 bridgehead atoms. The second kappa shape index (κ2) is 7.30. The summed E-state index contributed by atoms with van der Waals surface area (Å²) in [4.78, 5) is 14.3. The molecule has 0 atom stereocenters. The van der Waals surface area contributed by atoms with Crippen LogP contribution in [0.5, 0.6) is 0 Å². The Labute approximate surface area is 184 Å². The Morgan fingerprint density at radius 1 is 1.00 bits per heavy atom. The first-order valence-corrected chi connectivity index (χ1v) is 9.93. The molecule has 0 saturated carbocycles. The third-order valence-corrected chi connectivity index (χ3v) is 5.73. The largest absolute Gasteiger partial charge is 0.419 e. The highest BCUT2D eigenvalue weighted by molar-refractivity contribution is 6.31. The molecule has 10 heteroatoms. The van der Waals surface area contributed by atoms with Crippen molar-refractivity contribution in [3.05, 3.63) is 70.9 Å². The van der Waals surface area contributed by atoms with Crippen LogP contribution in [0, 0.1) is 5.82 Å². The molecule has 0 unspecified atom stereocenters. The van der Waals surface area contributed by atoms with E-state index in [1.807, 2.05) is 4.90 Å². The minimum absolute atomic E-state index is 0.00216. The SMILES string of the molecule is Nc1ncc(-c2ccc3ncnc(N4CCc5cc(F)c(Cl)cc54)c3c2)cc1C(F)(F)F. The maximum Gasteiger partial charge on any atom is 0.419 e. The van der Waals surface area contributed by atoms with Crippen molar-refractivity contribution in [3.8, 4) is 11.1 Å². The Balaban J connectivity index is 1.65. The lowest BCUT2D eigenvalue weighted by Crippen LogP contribution is -2.15. The summed E-state index contributed by atoms with van der Waals surface area (Å²) in [6, 6.07) is 9.01. The maximum absolute atomic E-state index is 13.9. The lowest BCUT2D eigenvalue weighted by molar-refractivity contribution is -0.137. The van der Waals surface area contributed by atoms with Crippen LogP contribution >= 0.6 is 11.6 Å². The summed E-state index contributed by atoms with van der Waals surface area (Å²) >= 11 is 5.99. The van der Waals surface area contributed by atoms with Crippen LogP contribution in [0.3, 0.4) is 0 Å². The van der Waals surface area contributed by atoms with Gasteiger partial charge in [-0.3, -0.25) is 0 Å². The molecular formula is C22H14ClF4N5. The van der Waals surface area contributed by atoms with Gasteiger partial charge >= 0.3 is 6.18 Å². The predicted molar refractivity (Wildman–Crippen MR) is 114 cm³/mol. The summed E-state index contributed by atoms with van der Waals surface area (Å²) in [6.07, 6.45) is -1.31. The fraction of sp³-hybridized carbons (Fsp3) is 0.136. The number of nitrogens with zero attached hydrogens (tertiary/aromatic N) is 4. The van der Waals surface area contributed by atoms with Crippen LogP contribution in [-0.2, 0) is 12.6 Å². The van der Waals surface area contributed by atoms with Gasteiger partial charge in [-0.25, -0.2) is 19.3 Å². The molecule has 162 valence electrons. The highest BCUT2D eigenvalue weighted by Crippen LogP contribution is 2.40. The number of hydrogen-bond acceptors (Lipinski definition) is 5. The van der Waals surface area contributed by atoms with E-state index in [0.29, 0.717) is 35.2 Å². The van der Waals surface area contributed by atoms with Crippen molar-refractivity contribution in [1.29, 1.82) is 0 Å². The summed E-state index contributed by atoms with van der Waals surface area (Å²) in [5.41, 5.74) is 7.33. The summed E-state index contributed by atoms with van der Waals surface area (Å²) in [5.74, 6) is -0.514. The van der Waals surface area contributed by atoms with Crippen LogP contribution < -0.4 is 10.6 Å². The second-order valence-electron chi connectivity index (χ2n) is 7.38. The van der Waals surface area contributed by atoms with Gasteiger partial charge in [0.05, 0.1) is 16.1 Å². The molecule has 0 aliphatic carbocycles. The van der Waals surface area contributed by atoms with E-state index in [1.54, 1.807) is 24.3 Å². The summed E-state index contributed by atoms with van der Waals surface area (Å²) < 4.78 is 53.7. The molecule has 5 rings (SSSR count). The van der Waals surface area contributed by atoms with Crippen molar-refractivity contribution in [2.24, 2.45) is 0 Å². The Bertz CT molecular complexity index is 1370. The van der Waals surface area contributed by atoms with Gasteiger partial charge in [-0.05, 0) is 47.9 Å². The molecule has 2 aromatic carbocycles. The van der Waals surface area contributed by atoms with Crippen LogP contribution in [0.4, 0.5) is 34.9 Å². The fourth-order valence-electron chi connectivity index (χ4n) is 3.90. The van der Waals surface area contributed by atoms with Gasteiger partial charge < -0.3 is 10.6 Å². The van der Waals surface area contributed by atoms with Gasteiger partial charge in [-0.1, -0.05) is 17.7 Å². The molecule has 0 fully saturated rings. The van der Waals surface area contributed by atoms with E-state index in [2.05, 4.69) is 15.0 Å². The average Bonchev–Trinajstić information content (AvgIpc) is 3.15. The van der Waals surface area contributed by atoms with Crippen LogP contribution in [0.25, 0.3) is 22.0 Å². The van der Waals surface area contributed by atoms with E-state index >= 15 is 0 Å². The lowest BCUT2D eigenvalue weighted by atomic mass is 10.0. The van der Waals surface area contributed by atoms with E-state index in [0.717, 1.165) is 17.3 Å². The first-order valence-electron chi connectivity index (χ1n) is 9.55. The number of benzene rings is 2. The third-order valence-electron chi connectivity index (χ3n) is 5.44. The highest BCUT2D eigenvalue weighted by Gasteiger charge is 2.34. The summed E-state index contributed by atoms with van der Waals surface area (Å²) in [5, 5.41) is 0.631. The lowest BCUT2D eigenvalue weighted by Gasteiger charge is -2.20. The van der Waals surface area contributed by atoms with Gasteiger partial charge in [-0.15, -0.1) is 0 Å². The number of hydrogen-bond donors (Lipinski definition) is 1. The Morgan fingerprint density at radius 3 is 2.59 bits per heavy atom. The quantitative estimate of drug-likeness (QED) is 0.385. The van der Waals surface area contributed by atoms with Crippen molar-refractivity contribution in [2.45, 2.75) is 12.6 Å². The van der Waals surface area contributed by atoms with Crippen LogP contribution in [0.1, 0.15) is 11.1 Å². The van der Waals surface area contributed by atoms with E-state index in [1.165, 1.54) is 18.6 Å². The number of alkyl halides is 3. The number of anilines is 3. The normalized spacial score (nSPS) is 13.6. The topological polar surface area (TPSA) is 67.9 Å². The number of fused-ring (bicyclic) bond motifs is 2. The number of nitrogens with two attached hydrogens (primary N) is 1. The molecule has 0 radical (unpaired) electrons. The smallest absolute Gasteiger partial charge is 0.383 e. The molecule has 0 amide bonds. The van der Waals surface area contributed by atoms with Gasteiger partial charge in [0.15, 0.2) is 0 Å². The van der Waals surface area contributed by atoms with Crippen molar-refractivity contribution < 1.29 is 17.6 Å². The minimum atomic E-state index is -4.62. The zero-order chi connectivity index (χ0) is 22.6. The number of rotatable bonds is 2. The minimum Gasteiger partial charge on any atom is -0.383 e. The van der Waals surface area contributed by atoms with Crippen molar-refractivity contribution in [1.82, 2.24) is 15.0 Å². The van der Waals surface area contributed by atoms with E-state index < -0.39 is 23.4 Å². The first-order chi connectivity index (χ1) is 15.2. The standard InChI is InChI=1S/C22H14ClF4N5/c23-16-8-19-12(7-17(16)24)3-4-32(19)21-14-5-11(1-2-18(14)30-10-31-21)13-6-15(22(25,26)27)20(28)29-9-13/h1-2,5-10H,3-4H2,(H2,28,29). The highest BCUT2D eigenvalue weighted by atomic mass is 35.5. The molecule has 5 nitrogen and oxygen atoms in total. The number of nitrogen functional groups attached to an aromatic ring is 1. The molecule has 1 aliphatic rings. The fourth-order valence-corrected chi connectivity index (χ4v) is 4.06. The zero-order valence-corrected chi connectivity index (χ0v) is 17.0. The molecule has 0 spiro atoms. The monoisotopic (exact) mass is 459 g/mol. The number of aromatic nitrogens is 3. The van der Waals surface area contributed by atoms with Gasteiger partial charge in [0.1, 0.15) is 23.8 Å². The third kappa shape index (κ3) is 3.38. The Kier molecular flexibility index (Phi) is 4.67. The Morgan fingerprint density at radius 2 is 1.81 bits per heavy atom. The number of halogens is 5. The maximum atomic E-state index is 13.9. The first kappa shape index (κ1) is 20.4. The van der Waals surface area contributed by atoms with Gasteiger partial charge in [0, 0.05) is 29.4 Å². The van der Waals surface area contributed by atoms with E-state index in [9.17, 15) is 17.6 Å². The van der Waals surface area contributed by atoms with Crippen molar-refractivity contribution in [3.63, 3.8) is 0 Å². The van der Waals surface area contributed by atoms with Gasteiger partial charge in [0.25, 0.3) is 0 Å². The van der Waals surface area contributed by atoms with Crippen molar-refractivity contribution in [2.75, 3.05) is 17.2 Å². The Hall–Kier alpha value is -3.46. The van der Waals surface area contributed by atoms with E-state index in [4.69, 9.17) is 17.3 Å². The van der Waals surface area contributed by atoms with E-state index in [-0.39, 0.29) is 10.6 Å². The summed E-state index contributed by atoms with van der Waals surface area (Å²) in [7, 11) is 0. The average molecular weight is 460 g/mol. The predicted octanol–water partition coefficient (Wildman–Crippen LogP) is 5.78. The second-order valence-corrected chi connectivity index (χ2v) is 7.79. The molecule has 2 aromatic heterocycles. The van der Waals surface area contributed by atoms with Crippen LogP contribution in [-0.4, -0.2) is 21.5 Å². The van der Waals surface area contributed by atoms with Crippen LogP contribution in [0.15, 0.2) is 48.9 Å².